The van der Waals surface area contributed by atoms with Crippen molar-refractivity contribution in [2.45, 2.75) is 39.0 Å². The summed E-state index contributed by atoms with van der Waals surface area (Å²) in [6.45, 7) is 4.57. The predicted octanol–water partition coefficient (Wildman–Crippen LogP) is 1.95. The van der Waals surface area contributed by atoms with Crippen LogP contribution in [0, 0.1) is 11.8 Å². The lowest BCUT2D eigenvalue weighted by molar-refractivity contribution is -0.137. The van der Waals surface area contributed by atoms with Crippen LogP contribution in [-0.4, -0.2) is 55.4 Å². The topological polar surface area (TPSA) is 78.9 Å². The van der Waals surface area contributed by atoms with Crippen LogP contribution in [0.3, 0.4) is 0 Å². The molecule has 2 amide bonds. The van der Waals surface area contributed by atoms with Crippen molar-refractivity contribution < 1.29 is 19.4 Å². The molecule has 1 fully saturated rings. The number of likely N-dealkylation sites (N-methyl/N-ethyl adjacent to an activating group) is 1. The number of hydrogen-bond acceptors (Lipinski definition) is 3. The van der Waals surface area contributed by atoms with Crippen molar-refractivity contribution >= 4 is 12.0 Å². The summed E-state index contributed by atoms with van der Waals surface area (Å²) in [6, 6.07) is -0.101. The molecule has 1 aliphatic carbocycles. The van der Waals surface area contributed by atoms with Crippen molar-refractivity contribution in [2.24, 2.45) is 11.8 Å². The highest BCUT2D eigenvalue weighted by Gasteiger charge is 2.21. The van der Waals surface area contributed by atoms with Gasteiger partial charge in [0.2, 0.25) is 0 Å². The summed E-state index contributed by atoms with van der Waals surface area (Å²) < 4.78 is 5.50. The van der Waals surface area contributed by atoms with Gasteiger partial charge in [-0.1, -0.05) is 6.92 Å². The number of amides is 2. The number of nitrogens with zero attached hydrogens (tertiary/aromatic N) is 1. The van der Waals surface area contributed by atoms with E-state index in [2.05, 4.69) is 5.32 Å². The fourth-order valence-electron chi connectivity index (χ4n) is 1.91. The summed E-state index contributed by atoms with van der Waals surface area (Å²) in [6.07, 6.45) is 4.18. The van der Waals surface area contributed by atoms with Crippen LogP contribution in [0.5, 0.6) is 0 Å². The van der Waals surface area contributed by atoms with Gasteiger partial charge in [-0.2, -0.15) is 0 Å². The molecule has 6 heteroatoms. The largest absolute Gasteiger partial charge is 0.481 e. The second-order valence-corrected chi connectivity index (χ2v) is 6.00. The van der Waals surface area contributed by atoms with Gasteiger partial charge >= 0.3 is 12.0 Å². The number of nitrogens with one attached hydrogen (secondary N) is 1. The Morgan fingerprint density at radius 1 is 1.38 bits per heavy atom. The molecule has 2 N–H and O–H groups in total. The van der Waals surface area contributed by atoms with Crippen molar-refractivity contribution in [3.8, 4) is 0 Å². The van der Waals surface area contributed by atoms with E-state index in [4.69, 9.17) is 9.84 Å². The molecule has 0 spiro atoms. The zero-order valence-corrected chi connectivity index (χ0v) is 13.1. The van der Waals surface area contributed by atoms with E-state index in [-0.39, 0.29) is 12.5 Å². The first-order valence-electron chi connectivity index (χ1n) is 7.77. The Kier molecular flexibility index (Phi) is 8.12. The number of carbonyl (C=O) groups excluding carboxylic acids is 1. The Hall–Kier alpha value is -1.30. The number of urea groups is 1. The molecule has 0 heterocycles. The van der Waals surface area contributed by atoms with Crippen molar-refractivity contribution in [3.05, 3.63) is 0 Å². The number of carboxylic acid groups (broad SMARTS) is 1. The van der Waals surface area contributed by atoms with Crippen LogP contribution < -0.4 is 5.32 Å². The average Bonchev–Trinajstić information content (AvgIpc) is 3.25. The van der Waals surface area contributed by atoms with Gasteiger partial charge in [0, 0.05) is 33.2 Å². The summed E-state index contributed by atoms with van der Waals surface area (Å²) >= 11 is 0. The molecule has 0 bridgehead atoms. The number of ether oxygens (including phenoxy) is 1. The van der Waals surface area contributed by atoms with Crippen molar-refractivity contribution in [3.63, 3.8) is 0 Å². The molecule has 1 unspecified atom stereocenters. The van der Waals surface area contributed by atoms with Gasteiger partial charge in [-0.3, -0.25) is 4.79 Å². The van der Waals surface area contributed by atoms with Gasteiger partial charge in [-0.15, -0.1) is 0 Å². The first-order valence-corrected chi connectivity index (χ1v) is 7.77. The zero-order chi connectivity index (χ0) is 15.7. The minimum atomic E-state index is -0.767. The second-order valence-electron chi connectivity index (χ2n) is 6.00. The molecule has 0 aromatic carbocycles. The van der Waals surface area contributed by atoms with Gasteiger partial charge in [0.05, 0.1) is 6.61 Å². The van der Waals surface area contributed by atoms with Gasteiger partial charge in [0.15, 0.2) is 0 Å². The normalized spacial score (nSPS) is 15.5. The van der Waals surface area contributed by atoms with Gasteiger partial charge < -0.3 is 20.1 Å². The van der Waals surface area contributed by atoms with E-state index in [1.165, 1.54) is 12.8 Å². The SMILES string of the molecule is CC(CCNC(=O)N(C)CCOCC1CC1)CCC(=O)O. The van der Waals surface area contributed by atoms with E-state index in [0.717, 1.165) is 18.9 Å². The summed E-state index contributed by atoms with van der Waals surface area (Å²) in [5.41, 5.74) is 0. The third kappa shape index (κ3) is 9.28. The van der Waals surface area contributed by atoms with Crippen molar-refractivity contribution in [2.75, 3.05) is 33.4 Å². The molecule has 122 valence electrons. The van der Waals surface area contributed by atoms with Crippen molar-refractivity contribution in [1.82, 2.24) is 10.2 Å². The first kappa shape index (κ1) is 17.8. The summed E-state index contributed by atoms with van der Waals surface area (Å²) in [5, 5.41) is 11.4. The third-order valence-electron chi connectivity index (χ3n) is 3.73. The Morgan fingerprint density at radius 3 is 2.71 bits per heavy atom. The minimum absolute atomic E-state index is 0.101. The molecule has 6 nitrogen and oxygen atoms in total. The van der Waals surface area contributed by atoms with E-state index in [1.54, 1.807) is 11.9 Å². The molecule has 0 radical (unpaired) electrons. The smallest absolute Gasteiger partial charge is 0.317 e. The highest BCUT2D eigenvalue weighted by Crippen LogP contribution is 2.28. The number of rotatable bonds is 11. The Labute approximate surface area is 126 Å². The summed E-state index contributed by atoms with van der Waals surface area (Å²) in [4.78, 5) is 23.9. The molecule has 0 saturated heterocycles. The Morgan fingerprint density at radius 2 is 2.10 bits per heavy atom. The fraction of sp³-hybridized carbons (Fsp3) is 0.867. The lowest BCUT2D eigenvalue weighted by Crippen LogP contribution is -2.39. The van der Waals surface area contributed by atoms with Gasteiger partial charge in [-0.05, 0) is 37.5 Å². The van der Waals surface area contributed by atoms with Crippen LogP contribution in [-0.2, 0) is 9.53 Å². The standard InChI is InChI=1S/C15H28N2O4/c1-12(3-6-14(18)19)7-8-16-15(20)17(2)9-10-21-11-13-4-5-13/h12-13H,3-11H2,1-2H3,(H,16,20)(H,18,19). The Bertz CT molecular complexity index is 332. The molecule has 1 saturated carbocycles. The summed E-state index contributed by atoms with van der Waals surface area (Å²) in [5.74, 6) is 0.279. The lowest BCUT2D eigenvalue weighted by atomic mass is 10.0. The van der Waals surface area contributed by atoms with Crippen LogP contribution >= 0.6 is 0 Å². The molecule has 1 rings (SSSR count). The second kappa shape index (κ2) is 9.60. The minimum Gasteiger partial charge on any atom is -0.481 e. The highest BCUT2D eigenvalue weighted by molar-refractivity contribution is 5.73. The predicted molar refractivity (Wildman–Crippen MR) is 80.2 cm³/mol. The molecule has 0 aliphatic heterocycles. The molecular formula is C15H28N2O4. The van der Waals surface area contributed by atoms with Gasteiger partial charge in [0.1, 0.15) is 0 Å². The lowest BCUT2D eigenvalue weighted by Gasteiger charge is -2.18. The van der Waals surface area contributed by atoms with Crippen LogP contribution in [0.2, 0.25) is 0 Å². The van der Waals surface area contributed by atoms with Gasteiger partial charge in [0.25, 0.3) is 0 Å². The Balaban J connectivity index is 1.98. The van der Waals surface area contributed by atoms with E-state index >= 15 is 0 Å². The fourth-order valence-corrected chi connectivity index (χ4v) is 1.91. The van der Waals surface area contributed by atoms with E-state index in [1.807, 2.05) is 6.92 Å². The monoisotopic (exact) mass is 300 g/mol. The number of carboxylic acids is 1. The van der Waals surface area contributed by atoms with Crippen LogP contribution in [0.25, 0.3) is 0 Å². The van der Waals surface area contributed by atoms with E-state index in [0.29, 0.717) is 32.0 Å². The maximum atomic E-state index is 11.8. The number of hydrogen-bond donors (Lipinski definition) is 2. The molecule has 21 heavy (non-hydrogen) atoms. The molecule has 1 atom stereocenters. The van der Waals surface area contributed by atoms with E-state index in [9.17, 15) is 9.59 Å². The quantitative estimate of drug-likeness (QED) is 0.572. The molecule has 0 aromatic rings. The zero-order valence-electron chi connectivity index (χ0n) is 13.1. The maximum Gasteiger partial charge on any atom is 0.317 e. The average molecular weight is 300 g/mol. The van der Waals surface area contributed by atoms with Crippen molar-refractivity contribution in [1.29, 1.82) is 0 Å². The molecule has 0 aromatic heterocycles. The third-order valence-corrected chi connectivity index (χ3v) is 3.73. The molecular weight excluding hydrogens is 272 g/mol. The number of carbonyl (C=O) groups is 2. The van der Waals surface area contributed by atoms with Crippen LogP contribution in [0.4, 0.5) is 4.79 Å². The highest BCUT2D eigenvalue weighted by atomic mass is 16.5. The van der Waals surface area contributed by atoms with Crippen LogP contribution in [0.1, 0.15) is 39.0 Å². The first-order chi connectivity index (χ1) is 9.99. The van der Waals surface area contributed by atoms with Gasteiger partial charge in [-0.25, -0.2) is 4.79 Å². The summed E-state index contributed by atoms with van der Waals surface area (Å²) in [7, 11) is 1.75. The van der Waals surface area contributed by atoms with E-state index < -0.39 is 5.97 Å². The maximum absolute atomic E-state index is 11.8. The van der Waals surface area contributed by atoms with Crippen LogP contribution in [0.15, 0.2) is 0 Å². The number of aliphatic carboxylic acids is 1. The molecule has 1 aliphatic rings.